The largest absolute Gasteiger partial charge is 0.289 e. The van der Waals surface area contributed by atoms with E-state index in [1.54, 1.807) is 17.4 Å². The van der Waals surface area contributed by atoms with Gasteiger partial charge >= 0.3 is 0 Å². The maximum absolute atomic E-state index is 11.5. The highest BCUT2D eigenvalue weighted by Gasteiger charge is 1.99. The van der Waals surface area contributed by atoms with Crippen molar-refractivity contribution in [1.82, 2.24) is 0 Å². The van der Waals surface area contributed by atoms with Gasteiger partial charge in [0.1, 0.15) is 0 Å². The van der Waals surface area contributed by atoms with E-state index < -0.39 is 0 Å². The first kappa shape index (κ1) is 11.2. The molecular weight excluding hydrogens is 192 g/mol. The molecule has 0 aromatic carbocycles. The van der Waals surface area contributed by atoms with Crippen LogP contribution in [0, 0.1) is 0 Å². The van der Waals surface area contributed by atoms with E-state index in [2.05, 4.69) is 6.92 Å². The van der Waals surface area contributed by atoms with E-state index in [1.165, 1.54) is 19.3 Å². The van der Waals surface area contributed by atoms with Gasteiger partial charge in [-0.05, 0) is 30.4 Å². The van der Waals surface area contributed by atoms with Gasteiger partial charge in [-0.25, -0.2) is 0 Å². The van der Waals surface area contributed by atoms with E-state index in [-0.39, 0.29) is 5.78 Å². The van der Waals surface area contributed by atoms with E-state index >= 15 is 0 Å². The van der Waals surface area contributed by atoms with Crippen LogP contribution >= 0.6 is 11.3 Å². The van der Waals surface area contributed by atoms with Gasteiger partial charge in [-0.3, -0.25) is 4.79 Å². The summed E-state index contributed by atoms with van der Waals surface area (Å²) in [5.74, 6) is 0.128. The topological polar surface area (TPSA) is 17.1 Å². The Morgan fingerprint density at radius 3 is 3.00 bits per heavy atom. The molecule has 1 aromatic rings. The van der Waals surface area contributed by atoms with Crippen molar-refractivity contribution in [2.45, 2.75) is 32.6 Å². The Balaban J connectivity index is 2.27. The maximum Gasteiger partial charge on any atom is 0.186 e. The van der Waals surface area contributed by atoms with Crippen LogP contribution in [0.1, 0.15) is 43.0 Å². The fourth-order valence-corrected chi connectivity index (χ4v) is 1.85. The second-order valence-corrected chi connectivity index (χ2v) is 4.05. The van der Waals surface area contributed by atoms with E-state index in [4.69, 9.17) is 0 Å². The van der Waals surface area contributed by atoms with Gasteiger partial charge in [0.15, 0.2) is 5.78 Å². The Kier molecular flexibility index (Phi) is 5.23. The Morgan fingerprint density at radius 1 is 1.50 bits per heavy atom. The van der Waals surface area contributed by atoms with Crippen LogP contribution in [0.3, 0.4) is 0 Å². The molecule has 0 aliphatic rings. The molecular formula is C12H16OS. The van der Waals surface area contributed by atoms with E-state index in [0.717, 1.165) is 12.0 Å². The minimum absolute atomic E-state index is 0.128. The van der Waals surface area contributed by atoms with Gasteiger partial charge in [-0.2, -0.15) is 11.3 Å². The monoisotopic (exact) mass is 208 g/mol. The van der Waals surface area contributed by atoms with Crippen molar-refractivity contribution in [1.29, 1.82) is 0 Å². The highest BCUT2D eigenvalue weighted by atomic mass is 32.1. The van der Waals surface area contributed by atoms with Crippen molar-refractivity contribution in [3.8, 4) is 0 Å². The molecule has 0 bridgehead atoms. The number of thiophene rings is 1. The van der Waals surface area contributed by atoms with Crippen molar-refractivity contribution < 1.29 is 4.79 Å². The molecule has 0 saturated carbocycles. The minimum atomic E-state index is 0.128. The molecule has 0 atom stereocenters. The molecule has 2 heteroatoms. The lowest BCUT2D eigenvalue weighted by Crippen LogP contribution is -1.89. The second-order valence-electron chi connectivity index (χ2n) is 3.27. The summed E-state index contributed by atoms with van der Waals surface area (Å²) in [6.07, 6.45) is 8.35. The quantitative estimate of drug-likeness (QED) is 0.391. The molecule has 0 amide bonds. The van der Waals surface area contributed by atoms with E-state index in [1.807, 2.05) is 22.9 Å². The summed E-state index contributed by atoms with van der Waals surface area (Å²) in [5.41, 5.74) is 0.807. The third-order valence-electron chi connectivity index (χ3n) is 2.05. The number of ketones is 1. The van der Waals surface area contributed by atoms with Crippen LogP contribution in [-0.4, -0.2) is 5.78 Å². The van der Waals surface area contributed by atoms with Crippen molar-refractivity contribution in [3.63, 3.8) is 0 Å². The lowest BCUT2D eigenvalue weighted by molar-refractivity contribution is 0.104. The summed E-state index contributed by atoms with van der Waals surface area (Å²) in [7, 11) is 0. The third-order valence-corrected chi connectivity index (χ3v) is 2.73. The van der Waals surface area contributed by atoms with Crippen LogP contribution in [0.25, 0.3) is 0 Å². The zero-order valence-electron chi connectivity index (χ0n) is 8.53. The van der Waals surface area contributed by atoms with Gasteiger partial charge in [0.2, 0.25) is 0 Å². The predicted octanol–water partition coefficient (Wildman–Crippen LogP) is 4.07. The molecule has 1 rings (SSSR count). The van der Waals surface area contributed by atoms with Crippen LogP contribution in [0.15, 0.2) is 29.0 Å². The number of allylic oxidation sites excluding steroid dienone is 2. The Labute approximate surface area is 89.5 Å². The average molecular weight is 208 g/mol. The van der Waals surface area contributed by atoms with Gasteiger partial charge in [-0.1, -0.05) is 25.8 Å². The summed E-state index contributed by atoms with van der Waals surface area (Å²) < 4.78 is 0. The third kappa shape index (κ3) is 3.88. The molecule has 0 unspecified atom stereocenters. The first-order valence-electron chi connectivity index (χ1n) is 5.07. The Hall–Kier alpha value is -0.890. The smallest absolute Gasteiger partial charge is 0.186 e. The summed E-state index contributed by atoms with van der Waals surface area (Å²) in [6, 6.07) is 1.86. The van der Waals surface area contributed by atoms with Gasteiger partial charge in [0.05, 0.1) is 0 Å². The predicted molar refractivity (Wildman–Crippen MR) is 61.9 cm³/mol. The van der Waals surface area contributed by atoms with Crippen molar-refractivity contribution in [2.24, 2.45) is 0 Å². The lowest BCUT2D eigenvalue weighted by atomic mass is 10.1. The Bertz CT molecular complexity index is 285. The molecule has 1 aromatic heterocycles. The van der Waals surface area contributed by atoms with Gasteiger partial charge in [0, 0.05) is 10.9 Å². The number of rotatable bonds is 6. The summed E-state index contributed by atoms with van der Waals surface area (Å²) in [5, 5.41) is 3.82. The number of hydrogen-bond donors (Lipinski definition) is 0. The van der Waals surface area contributed by atoms with Crippen LogP contribution in [0.2, 0.25) is 0 Å². The summed E-state index contributed by atoms with van der Waals surface area (Å²) in [6.45, 7) is 2.18. The highest BCUT2D eigenvalue weighted by Crippen LogP contribution is 2.08. The zero-order valence-corrected chi connectivity index (χ0v) is 9.35. The number of hydrogen-bond acceptors (Lipinski definition) is 2. The fourth-order valence-electron chi connectivity index (χ4n) is 1.20. The molecule has 0 fully saturated rings. The van der Waals surface area contributed by atoms with Gasteiger partial charge in [0.25, 0.3) is 0 Å². The first-order chi connectivity index (χ1) is 6.84. The number of carbonyl (C=O) groups excluding carboxylic acids is 1. The molecule has 0 aliphatic heterocycles. The van der Waals surface area contributed by atoms with Crippen LogP contribution in [-0.2, 0) is 0 Å². The Morgan fingerprint density at radius 2 is 2.36 bits per heavy atom. The lowest BCUT2D eigenvalue weighted by Gasteiger charge is -1.91. The molecule has 14 heavy (non-hydrogen) atoms. The standard InChI is InChI=1S/C12H16OS/c1-2-3-4-5-6-7-12(13)11-8-9-14-10-11/h6-10H,2-5H2,1H3/b7-6+. The molecule has 0 spiro atoms. The fraction of sp³-hybridized carbons (Fsp3) is 0.417. The minimum Gasteiger partial charge on any atom is -0.289 e. The molecule has 0 N–H and O–H groups in total. The molecule has 0 radical (unpaired) electrons. The second kappa shape index (κ2) is 6.55. The van der Waals surface area contributed by atoms with Gasteiger partial charge in [-0.15, -0.1) is 0 Å². The first-order valence-corrected chi connectivity index (χ1v) is 6.02. The molecule has 0 saturated heterocycles. The van der Waals surface area contributed by atoms with Crippen LogP contribution in [0.5, 0.6) is 0 Å². The van der Waals surface area contributed by atoms with Crippen molar-refractivity contribution in [2.75, 3.05) is 0 Å². The zero-order chi connectivity index (χ0) is 10.2. The number of unbranched alkanes of at least 4 members (excludes halogenated alkanes) is 3. The molecule has 1 heterocycles. The summed E-state index contributed by atoms with van der Waals surface area (Å²) >= 11 is 1.56. The van der Waals surface area contributed by atoms with Crippen LogP contribution < -0.4 is 0 Å². The SMILES string of the molecule is CCCCC/C=C/C(=O)c1ccsc1. The average Bonchev–Trinajstić information content (AvgIpc) is 2.70. The normalized spacial score (nSPS) is 10.9. The van der Waals surface area contributed by atoms with Crippen LogP contribution in [0.4, 0.5) is 0 Å². The molecule has 76 valence electrons. The van der Waals surface area contributed by atoms with Crippen molar-refractivity contribution in [3.05, 3.63) is 34.5 Å². The molecule has 1 nitrogen and oxygen atoms in total. The maximum atomic E-state index is 11.5. The van der Waals surface area contributed by atoms with Crippen molar-refractivity contribution >= 4 is 17.1 Å². The summed E-state index contributed by atoms with van der Waals surface area (Å²) in [4.78, 5) is 11.5. The van der Waals surface area contributed by atoms with Gasteiger partial charge < -0.3 is 0 Å². The molecule has 0 aliphatic carbocycles. The highest BCUT2D eigenvalue weighted by molar-refractivity contribution is 7.08. The van der Waals surface area contributed by atoms with E-state index in [9.17, 15) is 4.79 Å². The van der Waals surface area contributed by atoms with E-state index in [0.29, 0.717) is 0 Å². The number of carbonyl (C=O) groups is 1.